The summed E-state index contributed by atoms with van der Waals surface area (Å²) in [6.07, 6.45) is -0.509. The van der Waals surface area contributed by atoms with Gasteiger partial charge in [0.05, 0.1) is 19.1 Å². The van der Waals surface area contributed by atoms with Crippen LogP contribution in [-0.2, 0) is 9.53 Å². The highest BCUT2D eigenvalue weighted by Gasteiger charge is 2.36. The molecule has 132 valence electrons. The number of rotatable bonds is 3. The molecule has 0 unspecified atom stereocenters. The van der Waals surface area contributed by atoms with E-state index in [1.54, 1.807) is 6.92 Å². The van der Waals surface area contributed by atoms with E-state index >= 15 is 0 Å². The van der Waals surface area contributed by atoms with Gasteiger partial charge in [-0.1, -0.05) is 24.3 Å². The van der Waals surface area contributed by atoms with Gasteiger partial charge in [-0.05, 0) is 79.1 Å². The minimum Gasteiger partial charge on any atom is -0.466 e. The van der Waals surface area contributed by atoms with Crippen LogP contribution in [0.5, 0.6) is 0 Å². The number of aryl methyl sites for hydroxylation is 2. The number of esters is 1. The van der Waals surface area contributed by atoms with E-state index in [1.165, 1.54) is 27.8 Å². The van der Waals surface area contributed by atoms with Crippen LogP contribution in [0.15, 0.2) is 24.3 Å². The van der Waals surface area contributed by atoms with E-state index in [9.17, 15) is 9.90 Å². The largest absolute Gasteiger partial charge is 0.466 e. The van der Waals surface area contributed by atoms with Crippen molar-refractivity contribution in [3.63, 3.8) is 0 Å². The molecule has 0 radical (unpaired) electrons. The number of hydrogen-bond acceptors (Lipinski definition) is 3. The third-order valence-electron chi connectivity index (χ3n) is 5.58. The molecule has 1 N–H and O–H groups in total. The highest BCUT2D eigenvalue weighted by atomic mass is 16.5. The van der Waals surface area contributed by atoms with Gasteiger partial charge in [0.25, 0.3) is 0 Å². The second-order valence-corrected chi connectivity index (χ2v) is 7.00. The molecular weight excluding hydrogens is 312 g/mol. The number of aliphatic hydroxyl groups is 1. The lowest BCUT2D eigenvalue weighted by molar-refractivity contribution is -0.144. The molecule has 2 aromatic carbocycles. The lowest BCUT2D eigenvalue weighted by Crippen LogP contribution is -2.23. The first kappa shape index (κ1) is 17.7. The summed E-state index contributed by atoms with van der Waals surface area (Å²) < 4.78 is 5.14. The zero-order valence-corrected chi connectivity index (χ0v) is 15.6. The molecule has 0 spiro atoms. The Balaban J connectivity index is 2.24. The molecule has 25 heavy (non-hydrogen) atoms. The third kappa shape index (κ3) is 2.87. The second kappa shape index (κ2) is 6.64. The van der Waals surface area contributed by atoms with Crippen LogP contribution in [0.1, 0.15) is 58.7 Å². The number of ether oxygens (including phenoxy) is 1. The van der Waals surface area contributed by atoms with E-state index in [2.05, 4.69) is 45.9 Å². The van der Waals surface area contributed by atoms with Crippen molar-refractivity contribution in [3.8, 4) is 11.1 Å². The Morgan fingerprint density at radius 1 is 0.960 bits per heavy atom. The van der Waals surface area contributed by atoms with E-state index in [0.717, 1.165) is 16.7 Å². The Morgan fingerprint density at radius 3 is 2.04 bits per heavy atom. The average Bonchev–Trinajstić information content (AvgIpc) is 2.57. The van der Waals surface area contributed by atoms with Gasteiger partial charge in [0, 0.05) is 5.92 Å². The topological polar surface area (TPSA) is 46.5 Å². The van der Waals surface area contributed by atoms with Crippen molar-refractivity contribution in [2.75, 3.05) is 6.61 Å². The van der Waals surface area contributed by atoms with E-state index in [4.69, 9.17) is 4.74 Å². The van der Waals surface area contributed by atoms with Crippen molar-refractivity contribution >= 4 is 5.97 Å². The molecular formula is C22H26O3. The molecule has 0 fully saturated rings. The average molecular weight is 338 g/mol. The maximum Gasteiger partial charge on any atom is 0.306 e. The Kier molecular flexibility index (Phi) is 4.70. The summed E-state index contributed by atoms with van der Waals surface area (Å²) in [6.45, 7) is 10.6. The van der Waals surface area contributed by atoms with Crippen molar-refractivity contribution in [1.82, 2.24) is 0 Å². The van der Waals surface area contributed by atoms with Crippen molar-refractivity contribution in [2.45, 2.75) is 53.1 Å². The second-order valence-electron chi connectivity index (χ2n) is 7.00. The number of hydrogen-bond donors (Lipinski definition) is 1. The SMILES string of the molecule is CCOC(=O)C[C@@H]1c2ccc(C)c(C)c2-c2c(ccc(C)c2C)[C@H]1O. The molecule has 0 saturated carbocycles. The van der Waals surface area contributed by atoms with Crippen LogP contribution < -0.4 is 0 Å². The first-order valence-corrected chi connectivity index (χ1v) is 8.91. The van der Waals surface area contributed by atoms with Crippen LogP contribution in [0.3, 0.4) is 0 Å². The van der Waals surface area contributed by atoms with Crippen LogP contribution in [0, 0.1) is 27.7 Å². The molecule has 3 nitrogen and oxygen atoms in total. The van der Waals surface area contributed by atoms with Gasteiger partial charge >= 0.3 is 5.97 Å². The third-order valence-corrected chi connectivity index (χ3v) is 5.58. The Hall–Kier alpha value is -2.13. The number of carbonyl (C=O) groups excluding carboxylic acids is 1. The van der Waals surface area contributed by atoms with Gasteiger partial charge < -0.3 is 9.84 Å². The predicted molar refractivity (Wildman–Crippen MR) is 99.8 cm³/mol. The Labute approximate surface area is 149 Å². The molecule has 3 heteroatoms. The molecule has 1 aliphatic rings. The first-order chi connectivity index (χ1) is 11.9. The molecule has 2 atom stereocenters. The molecule has 0 bridgehead atoms. The van der Waals surface area contributed by atoms with Crippen LogP contribution in [0.2, 0.25) is 0 Å². The van der Waals surface area contributed by atoms with Gasteiger partial charge in [0.2, 0.25) is 0 Å². The van der Waals surface area contributed by atoms with Gasteiger partial charge in [-0.3, -0.25) is 4.79 Å². The lowest BCUT2D eigenvalue weighted by Gasteiger charge is -2.35. The molecule has 0 heterocycles. The summed E-state index contributed by atoms with van der Waals surface area (Å²) >= 11 is 0. The van der Waals surface area contributed by atoms with Gasteiger partial charge in [-0.15, -0.1) is 0 Å². The van der Waals surface area contributed by atoms with Crippen LogP contribution in [0.25, 0.3) is 11.1 Å². The number of aliphatic hydroxyl groups excluding tert-OH is 1. The summed E-state index contributed by atoms with van der Waals surface area (Å²) in [7, 11) is 0. The summed E-state index contributed by atoms with van der Waals surface area (Å²) in [6, 6.07) is 8.20. The van der Waals surface area contributed by atoms with Crippen LogP contribution >= 0.6 is 0 Å². The predicted octanol–water partition coefficient (Wildman–Crippen LogP) is 4.67. The standard InChI is InChI=1S/C22H26O3/c1-6-25-19(23)11-18-16-9-7-12(2)14(4)20(16)21-15(5)13(3)8-10-17(21)22(18)24/h7-10,18,22,24H,6,11H2,1-5H3/t18-,22-/m1/s1. The molecule has 0 saturated heterocycles. The van der Waals surface area contributed by atoms with Gasteiger partial charge in [0.15, 0.2) is 0 Å². The smallest absolute Gasteiger partial charge is 0.306 e. The van der Waals surface area contributed by atoms with E-state index in [1.807, 2.05) is 6.07 Å². The summed E-state index contributed by atoms with van der Waals surface area (Å²) in [4.78, 5) is 12.1. The van der Waals surface area contributed by atoms with E-state index in [0.29, 0.717) is 6.61 Å². The summed E-state index contributed by atoms with van der Waals surface area (Å²) in [5.74, 6) is -0.536. The Bertz CT molecular complexity index is 836. The number of fused-ring (bicyclic) bond motifs is 3. The Morgan fingerprint density at radius 2 is 1.48 bits per heavy atom. The van der Waals surface area contributed by atoms with Gasteiger partial charge in [0.1, 0.15) is 0 Å². The van der Waals surface area contributed by atoms with Crippen molar-refractivity contribution in [3.05, 3.63) is 57.6 Å². The fourth-order valence-electron chi connectivity index (χ4n) is 3.90. The molecule has 0 amide bonds. The lowest BCUT2D eigenvalue weighted by atomic mass is 9.71. The quantitative estimate of drug-likeness (QED) is 0.827. The minimum atomic E-state index is -0.701. The number of benzene rings is 2. The number of carbonyl (C=O) groups is 1. The fraction of sp³-hybridized carbons (Fsp3) is 0.409. The van der Waals surface area contributed by atoms with Gasteiger partial charge in [-0.25, -0.2) is 0 Å². The minimum absolute atomic E-state index is 0.191. The summed E-state index contributed by atoms with van der Waals surface area (Å²) in [5.41, 5.74) is 9.11. The monoisotopic (exact) mass is 338 g/mol. The molecule has 2 aromatic rings. The molecule has 0 aliphatic heterocycles. The summed E-state index contributed by atoms with van der Waals surface area (Å²) in [5, 5.41) is 11.1. The maximum atomic E-state index is 12.1. The van der Waals surface area contributed by atoms with E-state index < -0.39 is 6.10 Å². The maximum absolute atomic E-state index is 12.1. The normalized spacial score (nSPS) is 18.5. The van der Waals surface area contributed by atoms with Crippen LogP contribution in [0.4, 0.5) is 0 Å². The highest BCUT2D eigenvalue weighted by Crippen LogP contribution is 2.50. The van der Waals surface area contributed by atoms with Crippen molar-refractivity contribution in [1.29, 1.82) is 0 Å². The highest BCUT2D eigenvalue weighted by molar-refractivity contribution is 5.83. The van der Waals surface area contributed by atoms with Crippen molar-refractivity contribution in [2.24, 2.45) is 0 Å². The van der Waals surface area contributed by atoms with E-state index in [-0.39, 0.29) is 18.3 Å². The first-order valence-electron chi connectivity index (χ1n) is 8.91. The van der Waals surface area contributed by atoms with Gasteiger partial charge in [-0.2, -0.15) is 0 Å². The molecule has 1 aliphatic carbocycles. The van der Waals surface area contributed by atoms with Crippen LogP contribution in [-0.4, -0.2) is 17.7 Å². The molecule has 0 aromatic heterocycles. The van der Waals surface area contributed by atoms with Crippen molar-refractivity contribution < 1.29 is 14.6 Å². The zero-order valence-electron chi connectivity index (χ0n) is 15.6. The fourth-order valence-corrected chi connectivity index (χ4v) is 3.90. The zero-order chi connectivity index (χ0) is 18.3. The molecule has 3 rings (SSSR count).